The fourth-order valence-electron chi connectivity index (χ4n) is 2.73. The Hall–Kier alpha value is -2.69. The van der Waals surface area contributed by atoms with Crippen LogP contribution in [0.25, 0.3) is 5.69 Å². The molecule has 0 spiro atoms. The van der Waals surface area contributed by atoms with Gasteiger partial charge in [0.2, 0.25) is 11.5 Å². The van der Waals surface area contributed by atoms with E-state index in [1.807, 2.05) is 6.92 Å². The molecule has 3 rings (SSSR count). The van der Waals surface area contributed by atoms with Gasteiger partial charge in [0.25, 0.3) is 7.37 Å². The van der Waals surface area contributed by atoms with Crippen molar-refractivity contribution in [1.29, 1.82) is 0 Å². The van der Waals surface area contributed by atoms with E-state index in [1.54, 1.807) is 65.4 Å². The minimum atomic E-state index is -3.82. The van der Waals surface area contributed by atoms with E-state index in [2.05, 4.69) is 10.3 Å². The average Bonchev–Trinajstić information content (AvgIpc) is 3.18. The zero-order valence-electron chi connectivity index (χ0n) is 15.1. The highest BCUT2D eigenvalue weighted by Gasteiger charge is 2.29. The number of hydrogen-bond donors (Lipinski definition) is 2. The van der Waals surface area contributed by atoms with E-state index in [1.165, 1.54) is 6.20 Å². The topological polar surface area (TPSA) is 84.2 Å². The Morgan fingerprint density at radius 1 is 1.15 bits per heavy atom. The first kappa shape index (κ1) is 19.1. The minimum Gasteiger partial charge on any atom is -0.336 e. The Labute approximate surface area is 158 Å². The summed E-state index contributed by atoms with van der Waals surface area (Å²) in [6.45, 7) is 2.04. The third-order valence-electron chi connectivity index (χ3n) is 4.19. The second kappa shape index (κ2) is 8.33. The van der Waals surface area contributed by atoms with Crippen LogP contribution in [-0.4, -0.2) is 20.4 Å². The maximum atomic E-state index is 13.0. The summed E-state index contributed by atoms with van der Waals surface area (Å²) in [7, 11) is -3.82. The molecule has 2 N–H and O–H groups in total. The number of nitrogens with zero attached hydrogens (tertiary/aromatic N) is 2. The summed E-state index contributed by atoms with van der Waals surface area (Å²) in [6.07, 6.45) is 5.47. The summed E-state index contributed by atoms with van der Waals surface area (Å²) in [5, 5.41) is 3.18. The fraction of sp³-hybridized carbons (Fsp3) is 0.200. The van der Waals surface area contributed by atoms with E-state index in [-0.39, 0.29) is 11.5 Å². The lowest BCUT2D eigenvalue weighted by atomic mass is 10.2. The van der Waals surface area contributed by atoms with Crippen molar-refractivity contribution in [1.82, 2.24) is 9.55 Å². The first-order valence-electron chi connectivity index (χ1n) is 8.85. The first-order chi connectivity index (χ1) is 13.0. The quantitative estimate of drug-likeness (QED) is 0.614. The van der Waals surface area contributed by atoms with Crippen molar-refractivity contribution in [2.24, 2.45) is 0 Å². The number of nitrogens with one attached hydrogen (secondary N) is 1. The molecule has 1 atom stereocenters. The molecule has 1 heterocycles. The van der Waals surface area contributed by atoms with Gasteiger partial charge >= 0.3 is 0 Å². The number of benzene rings is 2. The van der Waals surface area contributed by atoms with Crippen molar-refractivity contribution >= 4 is 29.8 Å². The van der Waals surface area contributed by atoms with Gasteiger partial charge in [0.05, 0.1) is 0 Å². The standard InChI is InChI=1S/C20H22N3O3P/c1-2-3-9-19(24)22-16-10-12-17(13-11-16)23-15-14-21-20(23)27(25,26)18-7-5-4-6-8-18/h4-8,10-15H,2-3,9H2,1H3,(H,22,24)(H,25,26). The number of hydrogen-bond acceptors (Lipinski definition) is 3. The van der Waals surface area contributed by atoms with Crippen LogP contribution in [-0.2, 0) is 9.36 Å². The predicted octanol–water partition coefficient (Wildman–Crippen LogP) is 3.22. The summed E-state index contributed by atoms with van der Waals surface area (Å²) in [5.74, 6) is -0.0168. The molecule has 0 saturated carbocycles. The summed E-state index contributed by atoms with van der Waals surface area (Å²) in [4.78, 5) is 26.6. The second-order valence-electron chi connectivity index (χ2n) is 6.21. The number of carbonyl (C=O) groups excluding carboxylic acids is 1. The largest absolute Gasteiger partial charge is 0.336 e. The van der Waals surface area contributed by atoms with Crippen LogP contribution in [0.4, 0.5) is 5.69 Å². The Bertz CT molecular complexity index is 952. The lowest BCUT2D eigenvalue weighted by Crippen LogP contribution is -2.24. The van der Waals surface area contributed by atoms with Gasteiger partial charge in [-0.1, -0.05) is 31.5 Å². The maximum Gasteiger partial charge on any atom is 0.293 e. The molecule has 2 aromatic carbocycles. The highest BCUT2D eigenvalue weighted by atomic mass is 31.2. The van der Waals surface area contributed by atoms with Crippen molar-refractivity contribution in [3.8, 4) is 5.69 Å². The van der Waals surface area contributed by atoms with Crippen molar-refractivity contribution in [3.05, 3.63) is 67.0 Å². The Morgan fingerprint density at radius 3 is 2.52 bits per heavy atom. The molecule has 0 fully saturated rings. The molecule has 1 amide bonds. The molecule has 7 heteroatoms. The molecule has 27 heavy (non-hydrogen) atoms. The molecule has 140 valence electrons. The molecule has 6 nitrogen and oxygen atoms in total. The van der Waals surface area contributed by atoms with Crippen LogP contribution in [0.1, 0.15) is 26.2 Å². The number of aromatic nitrogens is 2. The molecule has 1 unspecified atom stereocenters. The van der Waals surface area contributed by atoms with Crippen LogP contribution in [0, 0.1) is 0 Å². The van der Waals surface area contributed by atoms with Crippen LogP contribution in [0.2, 0.25) is 0 Å². The minimum absolute atomic E-state index is 0.0168. The summed E-state index contributed by atoms with van der Waals surface area (Å²) >= 11 is 0. The molecule has 0 aliphatic rings. The van der Waals surface area contributed by atoms with Crippen molar-refractivity contribution < 1.29 is 14.3 Å². The lowest BCUT2D eigenvalue weighted by molar-refractivity contribution is -0.116. The van der Waals surface area contributed by atoms with Crippen molar-refractivity contribution in [2.75, 3.05) is 5.32 Å². The molecule has 0 radical (unpaired) electrons. The summed E-state index contributed by atoms with van der Waals surface area (Å²) in [5.41, 5.74) is 1.48. The van der Waals surface area contributed by atoms with Gasteiger partial charge in [0, 0.05) is 35.5 Å². The van der Waals surface area contributed by atoms with Gasteiger partial charge in [0.15, 0.2) is 0 Å². The molecule has 0 aliphatic heterocycles. The zero-order chi connectivity index (χ0) is 19.3. The van der Waals surface area contributed by atoms with Gasteiger partial charge in [-0.25, -0.2) is 4.98 Å². The Balaban J connectivity index is 1.84. The van der Waals surface area contributed by atoms with Gasteiger partial charge in [-0.05, 0) is 42.8 Å². The molecular weight excluding hydrogens is 361 g/mol. The van der Waals surface area contributed by atoms with Gasteiger partial charge in [-0.2, -0.15) is 0 Å². The van der Waals surface area contributed by atoms with Crippen LogP contribution >= 0.6 is 7.37 Å². The van der Waals surface area contributed by atoms with Gasteiger partial charge in [0.1, 0.15) is 0 Å². The van der Waals surface area contributed by atoms with E-state index in [9.17, 15) is 14.3 Å². The number of unbranched alkanes of at least 4 members (excludes halogenated alkanes) is 1. The van der Waals surface area contributed by atoms with E-state index in [0.29, 0.717) is 23.1 Å². The Morgan fingerprint density at radius 2 is 1.85 bits per heavy atom. The lowest BCUT2D eigenvalue weighted by Gasteiger charge is -2.14. The first-order valence-corrected chi connectivity index (χ1v) is 10.5. The van der Waals surface area contributed by atoms with Gasteiger partial charge < -0.3 is 10.2 Å². The highest BCUT2D eigenvalue weighted by Crippen LogP contribution is 2.37. The molecular formula is C20H22N3O3P. The Kier molecular flexibility index (Phi) is 5.89. The van der Waals surface area contributed by atoms with Crippen LogP contribution < -0.4 is 16.2 Å². The summed E-state index contributed by atoms with van der Waals surface area (Å²) in [6, 6.07) is 15.6. The third kappa shape index (κ3) is 4.35. The molecule has 0 aliphatic carbocycles. The van der Waals surface area contributed by atoms with Crippen molar-refractivity contribution in [2.45, 2.75) is 26.2 Å². The highest BCUT2D eigenvalue weighted by molar-refractivity contribution is 7.73. The number of rotatable bonds is 7. The fourth-order valence-corrected chi connectivity index (χ4v) is 4.24. The third-order valence-corrected chi connectivity index (χ3v) is 6.06. The van der Waals surface area contributed by atoms with Crippen LogP contribution in [0.15, 0.2) is 67.0 Å². The van der Waals surface area contributed by atoms with E-state index < -0.39 is 7.37 Å². The van der Waals surface area contributed by atoms with Crippen LogP contribution in [0.3, 0.4) is 0 Å². The van der Waals surface area contributed by atoms with Gasteiger partial charge in [-0.3, -0.25) is 13.9 Å². The predicted molar refractivity (Wildman–Crippen MR) is 107 cm³/mol. The van der Waals surface area contributed by atoms with E-state index >= 15 is 0 Å². The van der Waals surface area contributed by atoms with Crippen molar-refractivity contribution in [3.63, 3.8) is 0 Å². The maximum absolute atomic E-state index is 13.0. The average molecular weight is 383 g/mol. The molecule has 1 aromatic heterocycles. The number of anilines is 1. The SMILES string of the molecule is CCCCC(=O)Nc1ccc(-n2ccnc2P(=O)(O)c2ccccc2)cc1. The van der Waals surface area contributed by atoms with E-state index in [4.69, 9.17) is 0 Å². The smallest absolute Gasteiger partial charge is 0.293 e. The molecule has 0 saturated heterocycles. The molecule has 3 aromatic rings. The zero-order valence-corrected chi connectivity index (χ0v) is 16.0. The number of carbonyl (C=O) groups is 1. The van der Waals surface area contributed by atoms with Crippen LogP contribution in [0.5, 0.6) is 0 Å². The monoisotopic (exact) mass is 383 g/mol. The second-order valence-corrected chi connectivity index (χ2v) is 8.28. The summed E-state index contributed by atoms with van der Waals surface area (Å²) < 4.78 is 14.6. The van der Waals surface area contributed by atoms with Gasteiger partial charge in [-0.15, -0.1) is 0 Å². The van der Waals surface area contributed by atoms with E-state index in [0.717, 1.165) is 12.8 Å². The number of imidazole rings is 1. The molecule has 0 bridgehead atoms. The normalized spacial score (nSPS) is 13.1. The number of amides is 1.